The summed E-state index contributed by atoms with van der Waals surface area (Å²) in [6.45, 7) is 11.8. The fraction of sp³-hybridized carbons (Fsp3) is 0.478. The molecule has 2 N–H and O–H groups in total. The van der Waals surface area contributed by atoms with Gasteiger partial charge in [0.2, 0.25) is 0 Å². The summed E-state index contributed by atoms with van der Waals surface area (Å²) in [6.07, 6.45) is 1.13. The minimum atomic E-state index is 0.00651. The molecule has 1 saturated heterocycles. The zero-order valence-corrected chi connectivity index (χ0v) is 16.6. The van der Waals surface area contributed by atoms with E-state index in [2.05, 4.69) is 75.5 Å². The van der Waals surface area contributed by atoms with Gasteiger partial charge in [0, 0.05) is 11.8 Å². The van der Waals surface area contributed by atoms with Crippen LogP contribution in [-0.2, 0) is 5.41 Å². The Morgan fingerprint density at radius 2 is 1.46 bits per heavy atom. The van der Waals surface area contributed by atoms with E-state index < -0.39 is 0 Å². The van der Waals surface area contributed by atoms with Crippen molar-refractivity contribution in [2.75, 3.05) is 46.4 Å². The van der Waals surface area contributed by atoms with E-state index in [1.807, 2.05) is 0 Å². The Morgan fingerprint density at radius 1 is 0.846 bits per heavy atom. The minimum Gasteiger partial charge on any atom is -0.493 e. The molecule has 1 heterocycles. The van der Waals surface area contributed by atoms with Gasteiger partial charge < -0.3 is 14.5 Å². The van der Waals surface area contributed by atoms with Gasteiger partial charge in [0.05, 0.1) is 20.2 Å². The molecule has 0 spiro atoms. The summed E-state index contributed by atoms with van der Waals surface area (Å²) < 4.78 is 5.97. The maximum Gasteiger partial charge on any atom is 0.127 e. The summed E-state index contributed by atoms with van der Waals surface area (Å²) in [4.78, 5) is 3.41. The van der Waals surface area contributed by atoms with E-state index in [0.29, 0.717) is 0 Å². The maximum atomic E-state index is 5.97. The number of quaternary nitrogens is 2. The van der Waals surface area contributed by atoms with Crippen molar-refractivity contribution in [2.24, 2.45) is 0 Å². The highest BCUT2D eigenvalue weighted by Gasteiger charge is 2.22. The van der Waals surface area contributed by atoms with Gasteiger partial charge in [0.1, 0.15) is 31.9 Å². The lowest BCUT2D eigenvalue weighted by atomic mass is 9.78. The van der Waals surface area contributed by atoms with E-state index >= 15 is 0 Å². The van der Waals surface area contributed by atoms with Gasteiger partial charge in [0.15, 0.2) is 0 Å². The summed E-state index contributed by atoms with van der Waals surface area (Å²) in [5.41, 5.74) is 2.66. The molecule has 1 aliphatic heterocycles. The van der Waals surface area contributed by atoms with Crippen LogP contribution in [0.5, 0.6) is 5.75 Å². The van der Waals surface area contributed by atoms with Crippen molar-refractivity contribution < 1.29 is 14.5 Å². The van der Waals surface area contributed by atoms with Crippen LogP contribution < -0.4 is 14.5 Å². The second kappa shape index (κ2) is 8.70. The lowest BCUT2D eigenvalue weighted by Gasteiger charge is -2.27. The highest BCUT2D eigenvalue weighted by molar-refractivity contribution is 5.39. The molecule has 2 aromatic carbocycles. The summed E-state index contributed by atoms with van der Waals surface area (Å²) >= 11 is 0. The number of hydrogen-bond donors (Lipinski definition) is 2. The van der Waals surface area contributed by atoms with E-state index in [-0.39, 0.29) is 5.41 Å². The molecule has 3 nitrogen and oxygen atoms in total. The Bertz CT molecular complexity index is 658. The van der Waals surface area contributed by atoms with E-state index in [4.69, 9.17) is 4.74 Å². The second-order valence-corrected chi connectivity index (χ2v) is 8.17. The molecule has 0 aromatic heterocycles. The number of nitrogens with one attached hydrogen (secondary N) is 2. The second-order valence-electron chi connectivity index (χ2n) is 8.17. The molecule has 2 aromatic rings. The Hall–Kier alpha value is -1.84. The van der Waals surface area contributed by atoms with Crippen LogP contribution in [-0.4, -0.2) is 46.4 Å². The Morgan fingerprint density at radius 3 is 2.12 bits per heavy atom. The molecule has 26 heavy (non-hydrogen) atoms. The number of piperazine rings is 1. The van der Waals surface area contributed by atoms with Crippen molar-refractivity contribution in [1.29, 1.82) is 0 Å². The smallest absolute Gasteiger partial charge is 0.127 e. The molecule has 0 saturated carbocycles. The molecule has 0 aliphatic carbocycles. The van der Waals surface area contributed by atoms with Crippen LogP contribution >= 0.6 is 0 Å². The largest absolute Gasteiger partial charge is 0.493 e. The molecule has 0 amide bonds. The third-order valence-electron chi connectivity index (χ3n) is 5.83. The molecule has 0 bridgehead atoms. The normalized spacial score (nSPS) is 20.7. The van der Waals surface area contributed by atoms with Gasteiger partial charge in [-0.15, -0.1) is 0 Å². The van der Waals surface area contributed by atoms with Gasteiger partial charge in [-0.3, -0.25) is 0 Å². The Balaban J connectivity index is 1.47. The zero-order valence-electron chi connectivity index (χ0n) is 16.6. The summed E-state index contributed by atoms with van der Waals surface area (Å²) in [5.74, 6) is 0.982. The average Bonchev–Trinajstić information content (AvgIpc) is 2.68. The first kappa shape index (κ1) is 18.9. The molecule has 3 rings (SSSR count). The lowest BCUT2D eigenvalue weighted by Crippen LogP contribution is -3.27. The number of hydrogen-bond acceptors (Lipinski definition) is 1. The van der Waals surface area contributed by atoms with Gasteiger partial charge in [-0.1, -0.05) is 56.3 Å². The number of rotatable bonds is 7. The molecule has 3 heteroatoms. The lowest BCUT2D eigenvalue weighted by molar-refractivity contribution is -1.00. The van der Waals surface area contributed by atoms with Crippen molar-refractivity contribution in [3.8, 4) is 5.75 Å². The first-order valence-electron chi connectivity index (χ1n) is 9.99. The molecular formula is C23H34N2O+2. The molecule has 1 fully saturated rings. The molecule has 0 unspecified atom stereocenters. The third kappa shape index (κ3) is 4.87. The van der Waals surface area contributed by atoms with Crippen LogP contribution in [0, 0.1) is 0 Å². The topological polar surface area (TPSA) is 18.1 Å². The first-order chi connectivity index (χ1) is 12.6. The van der Waals surface area contributed by atoms with Crippen molar-refractivity contribution >= 4 is 0 Å². The van der Waals surface area contributed by atoms with Gasteiger partial charge in [-0.05, 0) is 23.3 Å². The van der Waals surface area contributed by atoms with E-state index in [1.165, 1.54) is 43.9 Å². The van der Waals surface area contributed by atoms with Crippen LogP contribution in [0.1, 0.15) is 31.4 Å². The molecule has 1 aliphatic rings. The quantitative estimate of drug-likeness (QED) is 0.715. The molecule has 0 atom stereocenters. The van der Waals surface area contributed by atoms with Crippen molar-refractivity contribution in [3.05, 3.63) is 65.7 Å². The highest BCUT2D eigenvalue weighted by atomic mass is 16.5. The van der Waals surface area contributed by atoms with Crippen LogP contribution in [0.25, 0.3) is 0 Å². The minimum absolute atomic E-state index is 0.00651. The van der Waals surface area contributed by atoms with E-state index in [9.17, 15) is 0 Å². The summed E-state index contributed by atoms with van der Waals surface area (Å²) in [6, 6.07) is 19.3. The van der Waals surface area contributed by atoms with Crippen LogP contribution in [0.3, 0.4) is 0 Å². The number of likely N-dealkylation sites (N-methyl/N-ethyl adjacent to an activating group) is 1. The molecule has 0 radical (unpaired) electrons. The zero-order chi connectivity index (χ0) is 18.4. The van der Waals surface area contributed by atoms with Crippen molar-refractivity contribution in [1.82, 2.24) is 0 Å². The maximum absolute atomic E-state index is 5.97. The fourth-order valence-corrected chi connectivity index (χ4v) is 3.78. The number of benzene rings is 2. The SMILES string of the molecule is C[NH+]1CC[NH+](CCCOc2ccc(C(C)(C)c3ccccc3)cc2)CC1. The standard InChI is InChI=1S/C23H32N2O/c1-23(2,20-8-5-4-6-9-20)21-10-12-22(13-11-21)26-19-7-14-25-17-15-24(3)16-18-25/h4-6,8-13H,7,14-19H2,1-3H3/p+2. The third-order valence-corrected chi connectivity index (χ3v) is 5.83. The van der Waals surface area contributed by atoms with Gasteiger partial charge >= 0.3 is 0 Å². The summed E-state index contributed by atoms with van der Waals surface area (Å²) in [7, 11) is 2.29. The molecule has 140 valence electrons. The predicted octanol–water partition coefficient (Wildman–Crippen LogP) is 1.19. The number of ether oxygens (including phenoxy) is 1. The monoisotopic (exact) mass is 354 g/mol. The first-order valence-corrected chi connectivity index (χ1v) is 9.99. The van der Waals surface area contributed by atoms with Gasteiger partial charge in [-0.25, -0.2) is 0 Å². The predicted molar refractivity (Wildman–Crippen MR) is 107 cm³/mol. The Kier molecular flexibility index (Phi) is 6.33. The molecular weight excluding hydrogens is 320 g/mol. The van der Waals surface area contributed by atoms with Crippen LogP contribution in [0.4, 0.5) is 0 Å². The fourth-order valence-electron chi connectivity index (χ4n) is 3.78. The van der Waals surface area contributed by atoms with Crippen LogP contribution in [0.15, 0.2) is 54.6 Å². The van der Waals surface area contributed by atoms with Gasteiger partial charge in [-0.2, -0.15) is 0 Å². The van der Waals surface area contributed by atoms with E-state index in [1.54, 1.807) is 9.80 Å². The average molecular weight is 355 g/mol. The van der Waals surface area contributed by atoms with Crippen LogP contribution in [0.2, 0.25) is 0 Å². The Labute approximate surface area is 158 Å². The van der Waals surface area contributed by atoms with E-state index in [0.717, 1.165) is 18.8 Å². The summed E-state index contributed by atoms with van der Waals surface area (Å²) in [5, 5.41) is 0. The van der Waals surface area contributed by atoms with Crippen molar-refractivity contribution in [3.63, 3.8) is 0 Å². The van der Waals surface area contributed by atoms with Crippen molar-refractivity contribution in [2.45, 2.75) is 25.7 Å². The highest BCUT2D eigenvalue weighted by Crippen LogP contribution is 2.32. The van der Waals surface area contributed by atoms with Gasteiger partial charge in [0.25, 0.3) is 0 Å².